The molecule has 5 nitrogen and oxygen atoms in total. The number of nitrogens with one attached hydrogen (secondary N) is 1. The van der Waals surface area contributed by atoms with Crippen molar-refractivity contribution in [2.75, 3.05) is 19.7 Å². The van der Waals surface area contributed by atoms with E-state index in [1.807, 2.05) is 0 Å². The van der Waals surface area contributed by atoms with Crippen LogP contribution in [0.15, 0.2) is 0 Å². The number of Topliss-reactive ketones (excluding diaryl/α,β-unsaturated/α-hetero) is 2. The van der Waals surface area contributed by atoms with Crippen molar-refractivity contribution in [3.63, 3.8) is 0 Å². The molecule has 0 aromatic carbocycles. The minimum absolute atomic E-state index is 0.152. The maximum absolute atomic E-state index is 11.4. The lowest BCUT2D eigenvalue weighted by Crippen LogP contribution is -2.44. The van der Waals surface area contributed by atoms with Crippen molar-refractivity contribution in [3.8, 4) is 0 Å². The van der Waals surface area contributed by atoms with Crippen LogP contribution in [0.2, 0.25) is 0 Å². The molecule has 1 fully saturated rings. The van der Waals surface area contributed by atoms with E-state index in [0.29, 0.717) is 13.0 Å². The molecule has 0 aromatic heterocycles. The highest BCUT2D eigenvalue weighted by molar-refractivity contribution is 6.38. The van der Waals surface area contributed by atoms with E-state index < -0.39 is 17.7 Å². The third-order valence-electron chi connectivity index (χ3n) is 2.08. The predicted molar refractivity (Wildman–Crippen MR) is 47.6 cm³/mol. The lowest BCUT2D eigenvalue weighted by Gasteiger charge is -2.19. The Labute approximate surface area is 81.8 Å². The monoisotopic (exact) mass is 199 g/mol. The number of esters is 1. The fraction of sp³-hybridized carbons (Fsp3) is 0.667. The number of ketones is 2. The topological polar surface area (TPSA) is 72.5 Å². The molecular formula is C9H13NO4. The molecule has 78 valence electrons. The highest BCUT2D eigenvalue weighted by Crippen LogP contribution is 2.07. The van der Waals surface area contributed by atoms with Crippen LogP contribution in [0.1, 0.15) is 13.3 Å². The summed E-state index contributed by atoms with van der Waals surface area (Å²) in [6, 6.07) is 0. The van der Waals surface area contributed by atoms with Crippen LogP contribution in [-0.4, -0.2) is 37.2 Å². The van der Waals surface area contributed by atoms with Crippen molar-refractivity contribution in [2.24, 2.45) is 5.92 Å². The Bertz CT molecular complexity index is 262. The zero-order valence-electron chi connectivity index (χ0n) is 8.04. The van der Waals surface area contributed by atoms with Crippen molar-refractivity contribution < 1.29 is 19.1 Å². The second-order valence-electron chi connectivity index (χ2n) is 3.06. The van der Waals surface area contributed by atoms with E-state index in [9.17, 15) is 14.4 Å². The van der Waals surface area contributed by atoms with E-state index in [-0.39, 0.29) is 18.9 Å². The van der Waals surface area contributed by atoms with Gasteiger partial charge >= 0.3 is 5.97 Å². The number of carbonyl (C=O) groups is 3. The lowest BCUT2D eigenvalue weighted by atomic mass is 9.94. The molecule has 5 heteroatoms. The molecule has 14 heavy (non-hydrogen) atoms. The summed E-state index contributed by atoms with van der Waals surface area (Å²) in [6.45, 7) is 2.59. The molecule has 0 radical (unpaired) electrons. The number of hydrogen-bond acceptors (Lipinski definition) is 5. The zero-order chi connectivity index (χ0) is 10.6. The van der Waals surface area contributed by atoms with Gasteiger partial charge in [-0.1, -0.05) is 0 Å². The van der Waals surface area contributed by atoms with Gasteiger partial charge in [0.25, 0.3) is 5.78 Å². The van der Waals surface area contributed by atoms with E-state index in [1.54, 1.807) is 6.92 Å². The van der Waals surface area contributed by atoms with Crippen molar-refractivity contribution in [1.29, 1.82) is 0 Å². The molecule has 1 saturated heterocycles. The minimum atomic E-state index is -0.908. The van der Waals surface area contributed by atoms with Crippen molar-refractivity contribution >= 4 is 17.5 Å². The summed E-state index contributed by atoms with van der Waals surface area (Å²) in [4.78, 5) is 33.7. The number of ether oxygens (including phenoxy) is 1. The van der Waals surface area contributed by atoms with Crippen LogP contribution < -0.4 is 5.32 Å². The first-order valence-corrected chi connectivity index (χ1v) is 4.61. The molecule has 1 aliphatic heterocycles. The van der Waals surface area contributed by atoms with Gasteiger partial charge in [0.05, 0.1) is 6.61 Å². The van der Waals surface area contributed by atoms with Gasteiger partial charge in [-0.05, 0) is 6.92 Å². The van der Waals surface area contributed by atoms with E-state index in [1.165, 1.54) is 0 Å². The summed E-state index contributed by atoms with van der Waals surface area (Å²) in [5.41, 5.74) is 0. The normalized spacial score (nSPS) is 21.8. The average molecular weight is 199 g/mol. The third-order valence-corrected chi connectivity index (χ3v) is 2.08. The first kappa shape index (κ1) is 10.8. The first-order chi connectivity index (χ1) is 6.66. The number of rotatable bonds is 3. The zero-order valence-corrected chi connectivity index (χ0v) is 8.04. The number of carbonyl (C=O) groups excluding carboxylic acids is 3. The fourth-order valence-electron chi connectivity index (χ4n) is 1.33. The van der Waals surface area contributed by atoms with E-state index in [0.717, 1.165) is 0 Å². The molecule has 0 saturated carbocycles. The third kappa shape index (κ3) is 2.38. The van der Waals surface area contributed by atoms with Crippen LogP contribution in [0.3, 0.4) is 0 Å². The molecule has 0 aliphatic carbocycles. The van der Waals surface area contributed by atoms with Gasteiger partial charge in [0, 0.05) is 19.5 Å². The van der Waals surface area contributed by atoms with Crippen LogP contribution in [0.4, 0.5) is 0 Å². The van der Waals surface area contributed by atoms with Gasteiger partial charge in [-0.25, -0.2) is 4.79 Å². The second kappa shape index (κ2) is 4.85. The van der Waals surface area contributed by atoms with Crippen LogP contribution >= 0.6 is 0 Å². The molecule has 1 aliphatic rings. The van der Waals surface area contributed by atoms with Gasteiger partial charge in [0.1, 0.15) is 11.7 Å². The highest BCUT2D eigenvalue weighted by Gasteiger charge is 2.33. The van der Waals surface area contributed by atoms with E-state index in [4.69, 9.17) is 0 Å². The van der Waals surface area contributed by atoms with Gasteiger partial charge in [0.15, 0.2) is 0 Å². The molecule has 1 N–H and O–H groups in total. The Hall–Kier alpha value is -1.23. The molecule has 1 rings (SSSR count). The molecule has 1 atom stereocenters. The van der Waals surface area contributed by atoms with Gasteiger partial charge in [-0.15, -0.1) is 0 Å². The molecule has 0 spiro atoms. The van der Waals surface area contributed by atoms with Gasteiger partial charge < -0.3 is 10.1 Å². The molecule has 0 bridgehead atoms. The van der Waals surface area contributed by atoms with Gasteiger partial charge in [-0.2, -0.15) is 0 Å². The van der Waals surface area contributed by atoms with E-state index in [2.05, 4.69) is 10.1 Å². The van der Waals surface area contributed by atoms with Crippen LogP contribution in [0.25, 0.3) is 0 Å². The maximum atomic E-state index is 11.4. The van der Waals surface area contributed by atoms with Crippen LogP contribution in [0.5, 0.6) is 0 Å². The molecule has 1 heterocycles. The summed E-state index contributed by atoms with van der Waals surface area (Å²) in [5, 5.41) is 2.89. The SMILES string of the molecule is CCOC(=O)C(=O)C1CNCCC1=O. The Morgan fingerprint density at radius 3 is 2.86 bits per heavy atom. The molecule has 1 unspecified atom stereocenters. The van der Waals surface area contributed by atoms with Crippen molar-refractivity contribution in [3.05, 3.63) is 0 Å². The average Bonchev–Trinajstić information content (AvgIpc) is 2.18. The van der Waals surface area contributed by atoms with Crippen molar-refractivity contribution in [1.82, 2.24) is 5.32 Å². The van der Waals surface area contributed by atoms with Crippen molar-refractivity contribution in [2.45, 2.75) is 13.3 Å². The number of hydrogen-bond donors (Lipinski definition) is 1. The maximum Gasteiger partial charge on any atom is 0.375 e. The lowest BCUT2D eigenvalue weighted by molar-refractivity contribution is -0.157. The Kier molecular flexibility index (Phi) is 3.76. The van der Waals surface area contributed by atoms with Gasteiger partial charge in [0.2, 0.25) is 0 Å². The Morgan fingerprint density at radius 1 is 1.57 bits per heavy atom. The summed E-state index contributed by atoms with van der Waals surface area (Å²) >= 11 is 0. The molecule has 0 aromatic rings. The molecule has 0 amide bonds. The minimum Gasteiger partial charge on any atom is -0.460 e. The second-order valence-corrected chi connectivity index (χ2v) is 3.06. The van der Waals surface area contributed by atoms with Gasteiger partial charge in [-0.3, -0.25) is 9.59 Å². The summed E-state index contributed by atoms with van der Waals surface area (Å²) in [6.07, 6.45) is 0.301. The first-order valence-electron chi connectivity index (χ1n) is 4.61. The Morgan fingerprint density at radius 2 is 2.29 bits per heavy atom. The van der Waals surface area contributed by atoms with Crippen LogP contribution in [-0.2, 0) is 19.1 Å². The van der Waals surface area contributed by atoms with Crippen LogP contribution in [0, 0.1) is 5.92 Å². The number of piperidine rings is 1. The summed E-state index contributed by atoms with van der Waals surface area (Å²) in [7, 11) is 0. The summed E-state index contributed by atoms with van der Waals surface area (Å²) < 4.78 is 4.54. The molecular weight excluding hydrogens is 186 g/mol. The fourth-order valence-corrected chi connectivity index (χ4v) is 1.33. The standard InChI is InChI=1S/C9H13NO4/c1-2-14-9(13)8(12)6-5-10-4-3-7(6)11/h6,10H,2-5H2,1H3. The smallest absolute Gasteiger partial charge is 0.375 e. The predicted octanol–water partition coefficient (Wildman–Crippen LogP) is -0.703. The Balaban J connectivity index is 2.58. The van der Waals surface area contributed by atoms with E-state index >= 15 is 0 Å². The highest BCUT2D eigenvalue weighted by atomic mass is 16.5. The largest absolute Gasteiger partial charge is 0.460 e. The quantitative estimate of drug-likeness (QED) is 0.369. The summed E-state index contributed by atoms with van der Waals surface area (Å²) in [5.74, 6) is -2.66.